The Bertz CT molecular complexity index is 839. The van der Waals surface area contributed by atoms with Crippen molar-refractivity contribution in [1.82, 2.24) is 10.3 Å². The van der Waals surface area contributed by atoms with E-state index >= 15 is 0 Å². The molecule has 0 fully saturated rings. The Balaban J connectivity index is 1.47. The second-order valence-corrected chi connectivity index (χ2v) is 8.17. The van der Waals surface area contributed by atoms with E-state index in [4.69, 9.17) is 4.74 Å². The number of rotatable bonds is 8. The van der Waals surface area contributed by atoms with Crippen LogP contribution in [0.25, 0.3) is 10.6 Å². The molecule has 0 bridgehead atoms. The van der Waals surface area contributed by atoms with Crippen molar-refractivity contribution in [3.05, 3.63) is 57.2 Å². The molecule has 3 rings (SSSR count). The lowest BCUT2D eigenvalue weighted by Gasteiger charge is -2.06. The zero-order chi connectivity index (χ0) is 18.4. The number of amides is 1. The fourth-order valence-corrected chi connectivity index (χ4v) is 4.45. The lowest BCUT2D eigenvalue weighted by molar-refractivity contribution is -0.121. The summed E-state index contributed by atoms with van der Waals surface area (Å²) in [6.07, 6.45) is 2.03. The van der Waals surface area contributed by atoms with Gasteiger partial charge in [0.05, 0.1) is 22.7 Å². The maximum absolute atomic E-state index is 12.2. The molecule has 26 heavy (non-hydrogen) atoms. The Kier molecular flexibility index (Phi) is 6.41. The van der Waals surface area contributed by atoms with Gasteiger partial charge in [0.15, 0.2) is 0 Å². The van der Waals surface area contributed by atoms with Gasteiger partial charge in [-0.25, -0.2) is 4.98 Å². The zero-order valence-electron chi connectivity index (χ0n) is 15.0. The van der Waals surface area contributed by atoms with Crippen molar-refractivity contribution in [2.24, 2.45) is 0 Å². The van der Waals surface area contributed by atoms with Gasteiger partial charge >= 0.3 is 0 Å². The summed E-state index contributed by atoms with van der Waals surface area (Å²) >= 11 is 3.37. The highest BCUT2D eigenvalue weighted by molar-refractivity contribution is 7.15. The minimum atomic E-state index is 0.0849. The second kappa shape index (κ2) is 8.96. The highest BCUT2D eigenvalue weighted by atomic mass is 32.1. The highest BCUT2D eigenvalue weighted by Gasteiger charge is 2.13. The van der Waals surface area contributed by atoms with Gasteiger partial charge in [0, 0.05) is 17.8 Å². The number of benzene rings is 1. The minimum absolute atomic E-state index is 0.0849. The van der Waals surface area contributed by atoms with Crippen LogP contribution in [0.5, 0.6) is 5.75 Å². The third-order valence-electron chi connectivity index (χ3n) is 4.03. The molecule has 0 spiro atoms. The molecule has 0 saturated carbocycles. The number of hydrogen-bond acceptors (Lipinski definition) is 5. The molecule has 136 valence electrons. The normalized spacial score (nSPS) is 10.7. The van der Waals surface area contributed by atoms with Crippen molar-refractivity contribution in [3.63, 3.8) is 0 Å². The molecule has 4 nitrogen and oxygen atoms in total. The van der Waals surface area contributed by atoms with Crippen molar-refractivity contribution in [3.8, 4) is 16.3 Å². The number of ether oxygens (including phenoxy) is 1. The Morgan fingerprint density at radius 1 is 1.19 bits per heavy atom. The van der Waals surface area contributed by atoms with Crippen LogP contribution in [-0.2, 0) is 17.6 Å². The lowest BCUT2D eigenvalue weighted by atomic mass is 10.1. The quantitative estimate of drug-likeness (QED) is 0.621. The van der Waals surface area contributed by atoms with E-state index < -0.39 is 0 Å². The van der Waals surface area contributed by atoms with Crippen LogP contribution >= 0.6 is 22.7 Å². The number of nitrogens with zero attached hydrogens (tertiary/aromatic N) is 1. The predicted octanol–water partition coefficient (Wildman–Crippen LogP) is 4.48. The first-order valence-electron chi connectivity index (χ1n) is 8.55. The highest BCUT2D eigenvalue weighted by Crippen LogP contribution is 2.31. The van der Waals surface area contributed by atoms with E-state index in [2.05, 4.69) is 21.7 Å². The van der Waals surface area contributed by atoms with E-state index in [-0.39, 0.29) is 5.91 Å². The molecule has 0 aliphatic carbocycles. The van der Waals surface area contributed by atoms with Crippen LogP contribution in [0.3, 0.4) is 0 Å². The standard InChI is InChI=1S/C20H22N2O2S2/c1-14-22-20(17-4-3-13-25-17)18(26-14)9-10-19(23)21-12-11-15-5-7-16(24-2)8-6-15/h3-8,13H,9-12H2,1-2H3,(H,21,23). The molecule has 0 radical (unpaired) electrons. The molecule has 1 aromatic carbocycles. The smallest absolute Gasteiger partial charge is 0.220 e. The van der Waals surface area contributed by atoms with Crippen LogP contribution in [0.15, 0.2) is 41.8 Å². The number of methoxy groups -OCH3 is 1. The van der Waals surface area contributed by atoms with Crippen LogP contribution in [0.1, 0.15) is 21.9 Å². The van der Waals surface area contributed by atoms with Crippen LogP contribution in [0.2, 0.25) is 0 Å². The fourth-order valence-electron chi connectivity index (χ4n) is 2.70. The third kappa shape index (κ3) is 4.93. The number of thiophene rings is 1. The number of hydrogen-bond donors (Lipinski definition) is 1. The topological polar surface area (TPSA) is 51.2 Å². The number of nitrogens with one attached hydrogen (secondary N) is 1. The summed E-state index contributed by atoms with van der Waals surface area (Å²) < 4.78 is 5.15. The van der Waals surface area contributed by atoms with Crippen molar-refractivity contribution in [2.75, 3.05) is 13.7 Å². The molecule has 1 N–H and O–H groups in total. The average Bonchev–Trinajstić information content (AvgIpc) is 3.30. The predicted molar refractivity (Wildman–Crippen MR) is 108 cm³/mol. The number of aromatic nitrogens is 1. The lowest BCUT2D eigenvalue weighted by Crippen LogP contribution is -2.25. The largest absolute Gasteiger partial charge is 0.497 e. The van der Waals surface area contributed by atoms with Gasteiger partial charge in [-0.15, -0.1) is 22.7 Å². The average molecular weight is 387 g/mol. The van der Waals surface area contributed by atoms with E-state index in [9.17, 15) is 4.79 Å². The SMILES string of the molecule is COc1ccc(CCNC(=O)CCc2sc(C)nc2-c2cccs2)cc1. The van der Waals surface area contributed by atoms with Gasteiger partial charge in [0.1, 0.15) is 5.75 Å². The molecule has 0 aliphatic heterocycles. The summed E-state index contributed by atoms with van der Waals surface area (Å²) in [6.45, 7) is 2.66. The first-order valence-corrected chi connectivity index (χ1v) is 10.2. The summed E-state index contributed by atoms with van der Waals surface area (Å²) in [5, 5.41) is 6.11. The summed E-state index contributed by atoms with van der Waals surface area (Å²) in [7, 11) is 1.66. The molecule has 6 heteroatoms. The fraction of sp³-hybridized carbons (Fsp3) is 0.300. The van der Waals surface area contributed by atoms with Gasteiger partial charge in [0.2, 0.25) is 5.91 Å². The molecule has 2 aromatic heterocycles. The van der Waals surface area contributed by atoms with E-state index in [1.54, 1.807) is 29.8 Å². The maximum atomic E-state index is 12.2. The number of thiazole rings is 1. The van der Waals surface area contributed by atoms with Crippen LogP contribution in [-0.4, -0.2) is 24.5 Å². The molecule has 0 unspecified atom stereocenters. The van der Waals surface area contributed by atoms with E-state index in [0.29, 0.717) is 13.0 Å². The van der Waals surface area contributed by atoms with Gasteiger partial charge in [-0.3, -0.25) is 4.79 Å². The number of carbonyl (C=O) groups is 1. The Morgan fingerprint density at radius 2 is 2.00 bits per heavy atom. The van der Waals surface area contributed by atoms with E-state index in [1.165, 1.54) is 15.3 Å². The Labute approximate surface area is 161 Å². The molecule has 2 heterocycles. The van der Waals surface area contributed by atoms with Gasteiger partial charge in [-0.1, -0.05) is 18.2 Å². The third-order valence-corrected chi connectivity index (χ3v) is 5.94. The minimum Gasteiger partial charge on any atom is -0.497 e. The molecular weight excluding hydrogens is 364 g/mol. The van der Waals surface area contributed by atoms with E-state index in [0.717, 1.165) is 29.3 Å². The van der Waals surface area contributed by atoms with Crippen molar-refractivity contribution in [1.29, 1.82) is 0 Å². The van der Waals surface area contributed by atoms with Crippen molar-refractivity contribution < 1.29 is 9.53 Å². The summed E-state index contributed by atoms with van der Waals surface area (Å²) in [6, 6.07) is 12.0. The summed E-state index contributed by atoms with van der Waals surface area (Å²) in [5.74, 6) is 0.931. The second-order valence-electron chi connectivity index (χ2n) is 5.93. The van der Waals surface area contributed by atoms with Crippen molar-refractivity contribution >= 4 is 28.6 Å². The van der Waals surface area contributed by atoms with Gasteiger partial charge in [-0.2, -0.15) is 0 Å². The van der Waals surface area contributed by atoms with Crippen molar-refractivity contribution in [2.45, 2.75) is 26.2 Å². The molecule has 0 saturated heterocycles. The van der Waals surface area contributed by atoms with Crippen LogP contribution in [0, 0.1) is 6.92 Å². The first-order chi connectivity index (χ1) is 12.7. The molecule has 0 aliphatic rings. The number of aryl methyl sites for hydroxylation is 2. The molecule has 1 amide bonds. The zero-order valence-corrected chi connectivity index (χ0v) is 16.6. The molecular formula is C20H22N2O2S2. The van der Waals surface area contributed by atoms with Crippen LogP contribution < -0.4 is 10.1 Å². The maximum Gasteiger partial charge on any atom is 0.220 e. The monoisotopic (exact) mass is 386 g/mol. The number of carbonyl (C=O) groups excluding carboxylic acids is 1. The summed E-state index contributed by atoms with van der Waals surface area (Å²) in [5.41, 5.74) is 2.22. The van der Waals surface area contributed by atoms with Gasteiger partial charge in [0.25, 0.3) is 0 Å². The first kappa shape index (κ1) is 18.6. The van der Waals surface area contributed by atoms with Crippen LogP contribution in [0.4, 0.5) is 0 Å². The van der Waals surface area contributed by atoms with Gasteiger partial charge in [-0.05, 0) is 48.9 Å². The Morgan fingerprint density at radius 3 is 2.69 bits per heavy atom. The molecule has 0 atom stereocenters. The van der Waals surface area contributed by atoms with E-state index in [1.807, 2.05) is 37.3 Å². The van der Waals surface area contributed by atoms with Gasteiger partial charge < -0.3 is 10.1 Å². The summed E-state index contributed by atoms with van der Waals surface area (Å²) in [4.78, 5) is 19.2. The molecule has 3 aromatic rings. The Hall–Kier alpha value is -2.18.